The van der Waals surface area contributed by atoms with Gasteiger partial charge in [-0.3, -0.25) is 0 Å². The third-order valence-corrected chi connectivity index (χ3v) is 4.91. The standard InChI is InChI=1S/C12H19N5S/c1-8-10-11(16(4)14-8)13-12(18-10)17-6-5-9(7-17)15(2)3/h9H,5-7H2,1-4H3/t9-/m1/s1. The Morgan fingerprint density at radius 1 is 1.39 bits per heavy atom. The maximum atomic E-state index is 4.74. The molecule has 2 aromatic heterocycles. The number of nitrogens with zero attached hydrogens (tertiary/aromatic N) is 5. The quantitative estimate of drug-likeness (QED) is 0.824. The Balaban J connectivity index is 1.89. The first kappa shape index (κ1) is 11.9. The Morgan fingerprint density at radius 2 is 2.17 bits per heavy atom. The molecule has 98 valence electrons. The lowest BCUT2D eigenvalue weighted by atomic mass is 10.2. The number of thiazole rings is 1. The lowest BCUT2D eigenvalue weighted by molar-refractivity contribution is 0.315. The number of hydrogen-bond donors (Lipinski definition) is 0. The molecule has 2 aromatic rings. The zero-order valence-electron chi connectivity index (χ0n) is 11.3. The fourth-order valence-corrected chi connectivity index (χ4v) is 3.61. The summed E-state index contributed by atoms with van der Waals surface area (Å²) in [5.41, 5.74) is 2.10. The molecule has 1 fully saturated rings. The van der Waals surface area contributed by atoms with E-state index in [2.05, 4.69) is 35.9 Å². The van der Waals surface area contributed by atoms with Gasteiger partial charge >= 0.3 is 0 Å². The second-order valence-electron chi connectivity index (χ2n) is 5.21. The van der Waals surface area contributed by atoms with Gasteiger partial charge in [0.05, 0.1) is 10.4 Å². The molecule has 0 N–H and O–H groups in total. The van der Waals surface area contributed by atoms with Crippen molar-refractivity contribution in [3.63, 3.8) is 0 Å². The fourth-order valence-electron chi connectivity index (χ4n) is 2.55. The van der Waals surface area contributed by atoms with Crippen LogP contribution in [0.4, 0.5) is 5.13 Å². The molecule has 0 aliphatic carbocycles. The Labute approximate surface area is 111 Å². The van der Waals surface area contributed by atoms with E-state index in [0.717, 1.165) is 29.6 Å². The van der Waals surface area contributed by atoms with Crippen molar-refractivity contribution >= 4 is 26.8 Å². The second-order valence-corrected chi connectivity index (χ2v) is 6.19. The van der Waals surface area contributed by atoms with Crippen LogP contribution < -0.4 is 4.90 Å². The van der Waals surface area contributed by atoms with Crippen molar-refractivity contribution in [1.29, 1.82) is 0 Å². The van der Waals surface area contributed by atoms with E-state index in [0.29, 0.717) is 6.04 Å². The van der Waals surface area contributed by atoms with E-state index in [4.69, 9.17) is 4.98 Å². The lowest BCUT2D eigenvalue weighted by Gasteiger charge is -2.19. The number of aryl methyl sites for hydroxylation is 2. The summed E-state index contributed by atoms with van der Waals surface area (Å²) >= 11 is 1.77. The van der Waals surface area contributed by atoms with Crippen LogP contribution in [0.25, 0.3) is 10.3 Å². The van der Waals surface area contributed by atoms with Crippen LogP contribution in [-0.4, -0.2) is 52.9 Å². The number of aromatic nitrogens is 3. The van der Waals surface area contributed by atoms with E-state index < -0.39 is 0 Å². The van der Waals surface area contributed by atoms with Gasteiger partial charge in [-0.05, 0) is 27.4 Å². The van der Waals surface area contributed by atoms with Crippen LogP contribution in [0.3, 0.4) is 0 Å². The molecule has 0 unspecified atom stereocenters. The van der Waals surface area contributed by atoms with E-state index in [9.17, 15) is 0 Å². The maximum absolute atomic E-state index is 4.74. The number of anilines is 1. The zero-order chi connectivity index (χ0) is 12.9. The van der Waals surface area contributed by atoms with E-state index in [1.807, 2.05) is 11.7 Å². The van der Waals surface area contributed by atoms with Crippen molar-refractivity contribution < 1.29 is 0 Å². The molecular weight excluding hydrogens is 246 g/mol. The van der Waals surface area contributed by atoms with Crippen molar-refractivity contribution in [3.05, 3.63) is 5.69 Å². The normalized spacial score (nSPS) is 20.5. The van der Waals surface area contributed by atoms with Gasteiger partial charge in [-0.1, -0.05) is 11.3 Å². The van der Waals surface area contributed by atoms with Crippen LogP contribution in [0.2, 0.25) is 0 Å². The minimum atomic E-state index is 0.649. The van der Waals surface area contributed by atoms with Crippen LogP contribution in [0.15, 0.2) is 0 Å². The molecule has 1 aliphatic rings. The predicted octanol–water partition coefficient (Wildman–Crippen LogP) is 1.48. The van der Waals surface area contributed by atoms with Crippen molar-refractivity contribution in [2.75, 3.05) is 32.1 Å². The molecule has 0 bridgehead atoms. The average Bonchev–Trinajstić information content (AvgIpc) is 2.98. The Morgan fingerprint density at radius 3 is 2.78 bits per heavy atom. The van der Waals surface area contributed by atoms with Crippen molar-refractivity contribution in [1.82, 2.24) is 19.7 Å². The Kier molecular flexibility index (Phi) is 2.79. The molecule has 0 amide bonds. The summed E-state index contributed by atoms with van der Waals surface area (Å²) in [6.07, 6.45) is 1.22. The molecule has 0 spiro atoms. The van der Waals surface area contributed by atoms with Crippen LogP contribution in [0.1, 0.15) is 12.1 Å². The zero-order valence-corrected chi connectivity index (χ0v) is 12.2. The monoisotopic (exact) mass is 265 g/mol. The largest absolute Gasteiger partial charge is 0.346 e. The van der Waals surface area contributed by atoms with Gasteiger partial charge in [-0.15, -0.1) is 0 Å². The van der Waals surface area contributed by atoms with Crippen molar-refractivity contribution in [2.24, 2.45) is 7.05 Å². The summed E-state index contributed by atoms with van der Waals surface area (Å²) in [4.78, 5) is 9.44. The molecule has 0 aromatic carbocycles. The third kappa shape index (κ3) is 1.80. The van der Waals surface area contributed by atoms with Crippen LogP contribution in [0, 0.1) is 6.92 Å². The third-order valence-electron chi connectivity index (χ3n) is 3.70. The van der Waals surface area contributed by atoms with E-state index >= 15 is 0 Å². The molecule has 5 nitrogen and oxygen atoms in total. The van der Waals surface area contributed by atoms with Gasteiger partial charge in [0.1, 0.15) is 0 Å². The van der Waals surface area contributed by atoms with Crippen molar-refractivity contribution in [3.8, 4) is 0 Å². The summed E-state index contributed by atoms with van der Waals surface area (Å²) in [5.74, 6) is 0. The van der Waals surface area contributed by atoms with Gasteiger partial charge in [0.2, 0.25) is 0 Å². The summed E-state index contributed by atoms with van der Waals surface area (Å²) < 4.78 is 3.10. The van der Waals surface area contributed by atoms with Gasteiger partial charge in [-0.2, -0.15) is 5.10 Å². The van der Waals surface area contributed by atoms with Gasteiger partial charge in [0.25, 0.3) is 0 Å². The molecule has 3 rings (SSSR count). The molecule has 0 radical (unpaired) electrons. The topological polar surface area (TPSA) is 37.2 Å². The first-order valence-corrected chi connectivity index (χ1v) is 7.09. The predicted molar refractivity (Wildman–Crippen MR) is 75.4 cm³/mol. The summed E-state index contributed by atoms with van der Waals surface area (Å²) in [6.45, 7) is 4.24. The SMILES string of the molecule is Cc1nn(C)c2nc(N3CC[C@@H](N(C)C)C3)sc12. The lowest BCUT2D eigenvalue weighted by Crippen LogP contribution is -2.31. The molecule has 18 heavy (non-hydrogen) atoms. The summed E-state index contributed by atoms with van der Waals surface area (Å²) in [6, 6.07) is 0.649. The number of fused-ring (bicyclic) bond motifs is 1. The van der Waals surface area contributed by atoms with E-state index in [-0.39, 0.29) is 0 Å². The molecule has 6 heteroatoms. The average molecular weight is 265 g/mol. The first-order valence-electron chi connectivity index (χ1n) is 6.28. The van der Waals surface area contributed by atoms with Gasteiger partial charge in [-0.25, -0.2) is 9.67 Å². The highest BCUT2D eigenvalue weighted by atomic mass is 32.1. The Hall–Kier alpha value is -1.14. The summed E-state index contributed by atoms with van der Waals surface area (Å²) in [7, 11) is 6.27. The highest BCUT2D eigenvalue weighted by Crippen LogP contribution is 2.32. The van der Waals surface area contributed by atoms with Gasteiger partial charge in [0.15, 0.2) is 10.8 Å². The molecule has 1 saturated heterocycles. The fraction of sp³-hybridized carbons (Fsp3) is 0.667. The van der Waals surface area contributed by atoms with Gasteiger partial charge in [0, 0.05) is 26.2 Å². The molecule has 3 heterocycles. The van der Waals surface area contributed by atoms with Crippen molar-refractivity contribution in [2.45, 2.75) is 19.4 Å². The highest BCUT2D eigenvalue weighted by molar-refractivity contribution is 7.22. The minimum Gasteiger partial charge on any atom is -0.346 e. The Bertz CT molecular complexity index is 536. The summed E-state index contributed by atoms with van der Waals surface area (Å²) in [5, 5.41) is 5.54. The number of likely N-dealkylation sites (N-methyl/N-ethyl adjacent to an activating group) is 1. The smallest absolute Gasteiger partial charge is 0.188 e. The van der Waals surface area contributed by atoms with Crippen LogP contribution in [-0.2, 0) is 7.05 Å². The number of hydrogen-bond acceptors (Lipinski definition) is 5. The molecular formula is C12H19N5S. The van der Waals surface area contributed by atoms with E-state index in [1.165, 1.54) is 11.1 Å². The first-order chi connectivity index (χ1) is 8.56. The van der Waals surface area contributed by atoms with E-state index in [1.54, 1.807) is 11.3 Å². The molecule has 1 aliphatic heterocycles. The number of rotatable bonds is 2. The second kappa shape index (κ2) is 4.20. The highest BCUT2D eigenvalue weighted by Gasteiger charge is 2.26. The molecule has 1 atom stereocenters. The minimum absolute atomic E-state index is 0.649. The molecule has 0 saturated carbocycles. The van der Waals surface area contributed by atoms with Crippen LogP contribution >= 0.6 is 11.3 Å². The van der Waals surface area contributed by atoms with Gasteiger partial charge < -0.3 is 9.80 Å². The van der Waals surface area contributed by atoms with Crippen LogP contribution in [0.5, 0.6) is 0 Å². The maximum Gasteiger partial charge on any atom is 0.188 e.